The van der Waals surface area contributed by atoms with Gasteiger partial charge < -0.3 is 32.9 Å². The van der Waals surface area contributed by atoms with Gasteiger partial charge in [0.1, 0.15) is 28.8 Å². The molecule has 0 radical (unpaired) electrons. The Hall–Kier alpha value is -2.36. The minimum absolute atomic E-state index is 0.00920. The zero-order chi connectivity index (χ0) is 22.1. The lowest BCUT2D eigenvalue weighted by atomic mass is 10.0. The Morgan fingerprint density at radius 3 is 2.30 bits per heavy atom. The van der Waals surface area contributed by atoms with Crippen molar-refractivity contribution in [3.8, 4) is 22.8 Å². The predicted octanol–water partition coefficient (Wildman–Crippen LogP) is 3.91. The van der Waals surface area contributed by atoms with Crippen LogP contribution in [0.25, 0.3) is 11.3 Å². The highest BCUT2D eigenvalue weighted by Gasteiger charge is 2.24. The van der Waals surface area contributed by atoms with Gasteiger partial charge in [0, 0.05) is 33.1 Å². The van der Waals surface area contributed by atoms with Crippen LogP contribution in [0.15, 0.2) is 27.1 Å². The Bertz CT molecular complexity index is 874. The first-order chi connectivity index (χ1) is 14.4. The van der Waals surface area contributed by atoms with Gasteiger partial charge >= 0.3 is 5.97 Å². The van der Waals surface area contributed by atoms with E-state index in [9.17, 15) is 9.59 Å². The van der Waals surface area contributed by atoms with E-state index in [0.29, 0.717) is 51.5 Å². The SMILES string of the molecule is COCOc1cc(OCOC)c(-c2ccc(CCC(C)=O)o2)c(CC(=O)OC)c1Br. The molecule has 0 aliphatic rings. The number of methoxy groups -OCH3 is 3. The second-order valence-electron chi connectivity index (χ2n) is 6.36. The minimum atomic E-state index is -0.443. The van der Waals surface area contributed by atoms with Crippen LogP contribution < -0.4 is 9.47 Å². The maximum atomic E-state index is 12.1. The maximum absolute atomic E-state index is 12.1. The Kier molecular flexibility index (Phi) is 9.35. The molecular formula is C21H25BrO8. The number of ketones is 1. The number of carbonyl (C=O) groups excluding carboxylic acids is 2. The van der Waals surface area contributed by atoms with E-state index in [2.05, 4.69) is 15.9 Å². The Labute approximate surface area is 183 Å². The molecule has 2 aromatic rings. The number of esters is 1. The quantitative estimate of drug-likeness (QED) is 0.330. The van der Waals surface area contributed by atoms with Crippen LogP contribution >= 0.6 is 15.9 Å². The van der Waals surface area contributed by atoms with Crippen LogP contribution in [-0.2, 0) is 36.6 Å². The van der Waals surface area contributed by atoms with Gasteiger partial charge in [0.25, 0.3) is 0 Å². The zero-order valence-electron chi connectivity index (χ0n) is 17.4. The summed E-state index contributed by atoms with van der Waals surface area (Å²) in [6.45, 7) is 1.52. The second kappa shape index (κ2) is 11.7. The lowest BCUT2D eigenvalue weighted by Crippen LogP contribution is -2.10. The molecule has 2 rings (SSSR count). The molecule has 1 aromatic carbocycles. The van der Waals surface area contributed by atoms with E-state index in [-0.39, 0.29) is 25.8 Å². The van der Waals surface area contributed by atoms with E-state index in [1.807, 2.05) is 0 Å². The van der Waals surface area contributed by atoms with E-state index < -0.39 is 5.97 Å². The van der Waals surface area contributed by atoms with Gasteiger partial charge in [0.15, 0.2) is 13.6 Å². The molecule has 0 aliphatic carbocycles. The maximum Gasteiger partial charge on any atom is 0.310 e. The molecule has 0 amide bonds. The van der Waals surface area contributed by atoms with Gasteiger partial charge in [-0.1, -0.05) is 0 Å². The van der Waals surface area contributed by atoms with E-state index in [0.717, 1.165) is 0 Å². The van der Waals surface area contributed by atoms with Gasteiger partial charge in [-0.3, -0.25) is 4.79 Å². The monoisotopic (exact) mass is 484 g/mol. The molecule has 1 heterocycles. The fraction of sp³-hybridized carbons (Fsp3) is 0.429. The van der Waals surface area contributed by atoms with Gasteiger partial charge in [-0.05, 0) is 40.5 Å². The zero-order valence-corrected chi connectivity index (χ0v) is 19.0. The van der Waals surface area contributed by atoms with Crippen molar-refractivity contribution in [2.24, 2.45) is 0 Å². The number of aryl methyl sites for hydroxylation is 1. The van der Waals surface area contributed by atoms with Gasteiger partial charge in [-0.2, -0.15) is 0 Å². The third kappa shape index (κ3) is 6.32. The Morgan fingerprint density at radius 1 is 1.03 bits per heavy atom. The lowest BCUT2D eigenvalue weighted by molar-refractivity contribution is -0.139. The molecule has 1 aromatic heterocycles. The van der Waals surface area contributed by atoms with Crippen molar-refractivity contribution >= 4 is 27.7 Å². The molecule has 0 unspecified atom stereocenters. The normalized spacial score (nSPS) is 10.7. The van der Waals surface area contributed by atoms with Crippen LogP contribution in [0.3, 0.4) is 0 Å². The highest BCUT2D eigenvalue weighted by atomic mass is 79.9. The number of Topliss-reactive ketones (excluding diaryl/α,β-unsaturated/α-hetero) is 1. The largest absolute Gasteiger partial charge is 0.469 e. The number of ether oxygens (including phenoxy) is 5. The summed E-state index contributed by atoms with van der Waals surface area (Å²) in [6.07, 6.45) is 0.804. The molecule has 0 spiro atoms. The molecule has 0 bridgehead atoms. The Balaban J connectivity index is 2.59. The summed E-state index contributed by atoms with van der Waals surface area (Å²) >= 11 is 3.51. The van der Waals surface area contributed by atoms with Gasteiger partial charge in [-0.25, -0.2) is 0 Å². The number of halogens is 1. The lowest BCUT2D eigenvalue weighted by Gasteiger charge is -2.18. The van der Waals surface area contributed by atoms with Crippen LogP contribution in [0.1, 0.15) is 24.7 Å². The average molecular weight is 485 g/mol. The van der Waals surface area contributed by atoms with Crippen molar-refractivity contribution in [1.82, 2.24) is 0 Å². The predicted molar refractivity (Wildman–Crippen MR) is 112 cm³/mol. The first-order valence-corrected chi connectivity index (χ1v) is 9.94. The van der Waals surface area contributed by atoms with Crippen molar-refractivity contribution < 1.29 is 37.7 Å². The first kappa shape index (κ1) is 23.9. The molecule has 0 atom stereocenters. The van der Waals surface area contributed by atoms with Gasteiger partial charge in [0.2, 0.25) is 0 Å². The third-order valence-electron chi connectivity index (χ3n) is 4.14. The summed E-state index contributed by atoms with van der Waals surface area (Å²) in [5.74, 6) is 1.59. The molecule has 0 saturated carbocycles. The number of hydrogen-bond acceptors (Lipinski definition) is 8. The molecule has 0 fully saturated rings. The standard InChI is InChI=1S/C21H25BrO8/c1-13(23)5-6-14-7-8-16(30-14)20-15(9-19(24)27-4)21(22)18(29-12-26-3)10-17(20)28-11-25-2/h7-8,10H,5-6,9,11-12H2,1-4H3. The van der Waals surface area contributed by atoms with Crippen molar-refractivity contribution in [3.05, 3.63) is 34.0 Å². The number of benzene rings is 1. The summed E-state index contributed by atoms with van der Waals surface area (Å²) in [4.78, 5) is 23.4. The van der Waals surface area contributed by atoms with Crippen LogP contribution in [0, 0.1) is 0 Å². The summed E-state index contributed by atoms with van der Waals surface area (Å²) < 4.78 is 32.7. The number of furan rings is 1. The smallest absolute Gasteiger partial charge is 0.310 e. The fourth-order valence-corrected chi connectivity index (χ4v) is 3.29. The molecule has 0 saturated heterocycles. The van der Waals surface area contributed by atoms with E-state index >= 15 is 0 Å². The molecule has 30 heavy (non-hydrogen) atoms. The fourth-order valence-electron chi connectivity index (χ4n) is 2.72. The highest BCUT2D eigenvalue weighted by Crippen LogP contribution is 2.44. The molecule has 0 N–H and O–H groups in total. The topological polar surface area (TPSA) is 93.4 Å². The molecule has 0 aliphatic heterocycles. The first-order valence-electron chi connectivity index (χ1n) is 9.15. The van der Waals surface area contributed by atoms with Crippen molar-refractivity contribution in [3.63, 3.8) is 0 Å². The number of hydrogen-bond donors (Lipinski definition) is 0. The van der Waals surface area contributed by atoms with Crippen molar-refractivity contribution in [2.75, 3.05) is 34.9 Å². The minimum Gasteiger partial charge on any atom is -0.469 e. The number of carbonyl (C=O) groups is 2. The summed E-state index contributed by atoms with van der Waals surface area (Å²) in [5, 5.41) is 0. The average Bonchev–Trinajstić information content (AvgIpc) is 3.19. The molecule has 8 nitrogen and oxygen atoms in total. The van der Waals surface area contributed by atoms with E-state index in [4.69, 9.17) is 28.1 Å². The number of rotatable bonds is 12. The van der Waals surface area contributed by atoms with Crippen LogP contribution in [0.5, 0.6) is 11.5 Å². The van der Waals surface area contributed by atoms with E-state index in [1.54, 1.807) is 18.2 Å². The molecule has 9 heteroatoms. The molecule has 164 valence electrons. The van der Waals surface area contributed by atoms with Crippen LogP contribution in [0.4, 0.5) is 0 Å². The second-order valence-corrected chi connectivity index (χ2v) is 7.16. The molecular weight excluding hydrogens is 460 g/mol. The highest BCUT2D eigenvalue weighted by molar-refractivity contribution is 9.10. The van der Waals surface area contributed by atoms with Crippen molar-refractivity contribution in [1.29, 1.82) is 0 Å². The summed E-state index contributed by atoms with van der Waals surface area (Å²) in [5.41, 5.74) is 1.12. The van der Waals surface area contributed by atoms with E-state index in [1.165, 1.54) is 28.3 Å². The Morgan fingerprint density at radius 2 is 1.70 bits per heavy atom. The summed E-state index contributed by atoms with van der Waals surface area (Å²) in [6, 6.07) is 5.23. The van der Waals surface area contributed by atoms with Gasteiger partial charge in [-0.15, -0.1) is 0 Å². The van der Waals surface area contributed by atoms with Gasteiger partial charge in [0.05, 0.1) is 23.6 Å². The van der Waals surface area contributed by atoms with Crippen molar-refractivity contribution in [2.45, 2.75) is 26.2 Å². The van der Waals surface area contributed by atoms with Crippen LogP contribution in [-0.4, -0.2) is 46.7 Å². The summed E-state index contributed by atoms with van der Waals surface area (Å²) in [7, 11) is 4.32. The van der Waals surface area contributed by atoms with Crippen LogP contribution in [0.2, 0.25) is 0 Å². The third-order valence-corrected chi connectivity index (χ3v) is 5.01.